The molecule has 0 aromatic carbocycles. The fraction of sp³-hybridized carbons (Fsp3) is 1.00. The molecule has 90 valence electrons. The average molecular weight is 214 g/mol. The van der Waals surface area contributed by atoms with Crippen LogP contribution in [0, 0.1) is 5.92 Å². The zero-order chi connectivity index (χ0) is 11.3. The maximum atomic E-state index is 9.18. The Morgan fingerprint density at radius 1 is 1.40 bits per heavy atom. The van der Waals surface area contributed by atoms with Crippen LogP contribution in [0.5, 0.6) is 0 Å². The van der Waals surface area contributed by atoms with Crippen molar-refractivity contribution in [2.75, 3.05) is 26.7 Å². The summed E-state index contributed by atoms with van der Waals surface area (Å²) < 4.78 is 0. The summed E-state index contributed by atoms with van der Waals surface area (Å²) in [5.74, 6) is 0.739. The highest BCUT2D eigenvalue weighted by molar-refractivity contribution is 4.80. The number of hydrogen-bond donors (Lipinski definition) is 2. The quantitative estimate of drug-likeness (QED) is 0.623. The SMILES string of the molecule is CC(C)NCCCN(C)CC1CC(O)C1. The summed E-state index contributed by atoms with van der Waals surface area (Å²) in [4.78, 5) is 2.39. The maximum absolute atomic E-state index is 9.18. The molecule has 1 rings (SSSR count). The Hall–Kier alpha value is -0.120. The molecule has 0 spiro atoms. The molecule has 3 nitrogen and oxygen atoms in total. The molecule has 3 heteroatoms. The molecule has 0 atom stereocenters. The molecule has 0 aromatic heterocycles. The summed E-state index contributed by atoms with van der Waals surface area (Å²) in [6, 6.07) is 0.595. The van der Waals surface area contributed by atoms with E-state index in [-0.39, 0.29) is 6.10 Å². The van der Waals surface area contributed by atoms with E-state index in [1.54, 1.807) is 0 Å². The Labute approximate surface area is 93.9 Å². The van der Waals surface area contributed by atoms with Gasteiger partial charge in [-0.15, -0.1) is 0 Å². The second kappa shape index (κ2) is 6.46. The van der Waals surface area contributed by atoms with Gasteiger partial charge in [-0.25, -0.2) is 0 Å². The van der Waals surface area contributed by atoms with Gasteiger partial charge >= 0.3 is 0 Å². The van der Waals surface area contributed by atoms with Crippen LogP contribution in [-0.4, -0.2) is 48.8 Å². The lowest BCUT2D eigenvalue weighted by atomic mass is 9.82. The van der Waals surface area contributed by atoms with Crippen molar-refractivity contribution in [3.63, 3.8) is 0 Å². The summed E-state index contributed by atoms with van der Waals surface area (Å²) in [5.41, 5.74) is 0. The molecule has 1 aliphatic carbocycles. The average Bonchev–Trinajstić information content (AvgIpc) is 2.10. The van der Waals surface area contributed by atoms with E-state index in [0.717, 1.165) is 38.4 Å². The van der Waals surface area contributed by atoms with Crippen molar-refractivity contribution in [3.8, 4) is 0 Å². The Bertz CT molecular complexity index is 167. The minimum absolute atomic E-state index is 0.00833. The minimum atomic E-state index is -0.00833. The number of nitrogens with zero attached hydrogens (tertiary/aromatic N) is 1. The van der Waals surface area contributed by atoms with Crippen LogP contribution in [0.25, 0.3) is 0 Å². The lowest BCUT2D eigenvalue weighted by molar-refractivity contribution is 0.0282. The molecule has 0 aromatic rings. The molecule has 2 N–H and O–H groups in total. The van der Waals surface area contributed by atoms with Crippen molar-refractivity contribution in [3.05, 3.63) is 0 Å². The van der Waals surface area contributed by atoms with Gasteiger partial charge in [0.05, 0.1) is 6.10 Å². The van der Waals surface area contributed by atoms with Gasteiger partial charge < -0.3 is 15.3 Å². The molecule has 1 fully saturated rings. The van der Waals surface area contributed by atoms with Gasteiger partial charge in [-0.3, -0.25) is 0 Å². The van der Waals surface area contributed by atoms with Crippen molar-refractivity contribution in [2.45, 2.75) is 45.3 Å². The highest BCUT2D eigenvalue weighted by Gasteiger charge is 2.27. The van der Waals surface area contributed by atoms with E-state index in [0.29, 0.717) is 6.04 Å². The number of rotatable bonds is 7. The van der Waals surface area contributed by atoms with Crippen LogP contribution < -0.4 is 5.32 Å². The fourth-order valence-electron chi connectivity index (χ4n) is 2.12. The lowest BCUT2D eigenvalue weighted by Crippen LogP contribution is -2.38. The molecule has 0 bridgehead atoms. The van der Waals surface area contributed by atoms with Gasteiger partial charge in [0, 0.05) is 12.6 Å². The zero-order valence-electron chi connectivity index (χ0n) is 10.4. The van der Waals surface area contributed by atoms with E-state index in [2.05, 4.69) is 31.1 Å². The summed E-state index contributed by atoms with van der Waals surface area (Å²) in [6.07, 6.45) is 3.22. The van der Waals surface area contributed by atoms with Crippen molar-refractivity contribution < 1.29 is 5.11 Å². The molecule has 0 aliphatic heterocycles. The minimum Gasteiger partial charge on any atom is -0.393 e. The van der Waals surface area contributed by atoms with Crippen molar-refractivity contribution in [1.82, 2.24) is 10.2 Å². The Kier molecular flexibility index (Phi) is 5.58. The van der Waals surface area contributed by atoms with E-state index < -0.39 is 0 Å². The van der Waals surface area contributed by atoms with Crippen LogP contribution in [-0.2, 0) is 0 Å². The lowest BCUT2D eigenvalue weighted by Gasteiger charge is -2.34. The number of nitrogens with one attached hydrogen (secondary N) is 1. The molecule has 0 radical (unpaired) electrons. The normalized spacial score (nSPS) is 26.0. The van der Waals surface area contributed by atoms with Crippen molar-refractivity contribution in [1.29, 1.82) is 0 Å². The van der Waals surface area contributed by atoms with Gasteiger partial charge in [-0.2, -0.15) is 0 Å². The molecule has 0 amide bonds. The highest BCUT2D eigenvalue weighted by atomic mass is 16.3. The summed E-state index contributed by atoms with van der Waals surface area (Å²) in [5, 5.41) is 12.6. The Balaban J connectivity index is 1.92. The van der Waals surface area contributed by atoms with Gasteiger partial charge in [0.25, 0.3) is 0 Å². The third kappa shape index (κ3) is 5.50. The van der Waals surface area contributed by atoms with Gasteiger partial charge in [0.1, 0.15) is 0 Å². The van der Waals surface area contributed by atoms with Crippen molar-refractivity contribution in [2.24, 2.45) is 5.92 Å². The third-order valence-corrected chi connectivity index (χ3v) is 3.05. The molecule has 1 aliphatic rings. The summed E-state index contributed by atoms with van der Waals surface area (Å²) >= 11 is 0. The molecule has 0 unspecified atom stereocenters. The number of hydrogen-bond acceptors (Lipinski definition) is 3. The molecule has 1 saturated carbocycles. The van der Waals surface area contributed by atoms with Gasteiger partial charge in [-0.1, -0.05) is 13.8 Å². The second-order valence-corrected chi connectivity index (χ2v) is 5.22. The first kappa shape index (κ1) is 12.9. The second-order valence-electron chi connectivity index (χ2n) is 5.22. The number of aliphatic hydroxyl groups excluding tert-OH is 1. The molecular weight excluding hydrogens is 188 g/mol. The van der Waals surface area contributed by atoms with Gasteiger partial charge in [0.15, 0.2) is 0 Å². The Morgan fingerprint density at radius 2 is 2.07 bits per heavy atom. The molecule has 0 saturated heterocycles. The Morgan fingerprint density at radius 3 is 2.60 bits per heavy atom. The molecular formula is C12H26N2O. The van der Waals surface area contributed by atoms with Crippen LogP contribution in [0.4, 0.5) is 0 Å². The van der Waals surface area contributed by atoms with Crippen molar-refractivity contribution >= 4 is 0 Å². The first-order chi connectivity index (χ1) is 7.08. The first-order valence-corrected chi connectivity index (χ1v) is 6.18. The van der Waals surface area contributed by atoms with E-state index in [4.69, 9.17) is 0 Å². The van der Waals surface area contributed by atoms with E-state index in [1.165, 1.54) is 6.42 Å². The fourth-order valence-corrected chi connectivity index (χ4v) is 2.12. The third-order valence-electron chi connectivity index (χ3n) is 3.05. The van der Waals surface area contributed by atoms with Crippen LogP contribution in [0.1, 0.15) is 33.1 Å². The topological polar surface area (TPSA) is 35.5 Å². The van der Waals surface area contributed by atoms with E-state index >= 15 is 0 Å². The summed E-state index contributed by atoms with van der Waals surface area (Å²) in [7, 11) is 2.18. The van der Waals surface area contributed by atoms with Crippen LogP contribution in [0.3, 0.4) is 0 Å². The highest BCUT2D eigenvalue weighted by Crippen LogP contribution is 2.27. The zero-order valence-corrected chi connectivity index (χ0v) is 10.4. The van der Waals surface area contributed by atoms with Crippen LogP contribution in [0.15, 0.2) is 0 Å². The molecule has 0 heterocycles. The summed E-state index contributed by atoms with van der Waals surface area (Å²) in [6.45, 7) is 7.78. The van der Waals surface area contributed by atoms with Crippen LogP contribution >= 0.6 is 0 Å². The molecule has 15 heavy (non-hydrogen) atoms. The largest absolute Gasteiger partial charge is 0.393 e. The van der Waals surface area contributed by atoms with Gasteiger partial charge in [-0.05, 0) is 45.3 Å². The van der Waals surface area contributed by atoms with E-state index in [1.807, 2.05) is 0 Å². The maximum Gasteiger partial charge on any atom is 0.0546 e. The smallest absolute Gasteiger partial charge is 0.0546 e. The predicted octanol–water partition coefficient (Wildman–Crippen LogP) is 1.08. The number of aliphatic hydroxyl groups is 1. The standard InChI is InChI=1S/C12H26N2O/c1-10(2)13-5-4-6-14(3)9-11-7-12(15)8-11/h10-13,15H,4-9H2,1-3H3. The van der Waals surface area contributed by atoms with Crippen LogP contribution in [0.2, 0.25) is 0 Å². The van der Waals surface area contributed by atoms with Gasteiger partial charge in [0.2, 0.25) is 0 Å². The predicted molar refractivity (Wildman–Crippen MR) is 64.0 cm³/mol. The van der Waals surface area contributed by atoms with E-state index in [9.17, 15) is 5.11 Å². The monoisotopic (exact) mass is 214 g/mol. The first-order valence-electron chi connectivity index (χ1n) is 6.18.